The average Bonchev–Trinajstić information content (AvgIpc) is 3.24. The Hall–Kier alpha value is -2.32. The summed E-state index contributed by atoms with van der Waals surface area (Å²) in [7, 11) is 1.62. The van der Waals surface area contributed by atoms with Gasteiger partial charge < -0.3 is 9.15 Å². The van der Waals surface area contributed by atoms with E-state index >= 15 is 0 Å². The molecule has 0 aliphatic rings. The van der Waals surface area contributed by atoms with Gasteiger partial charge in [-0.3, -0.25) is 10.1 Å². The van der Waals surface area contributed by atoms with Crippen LogP contribution in [0.4, 0.5) is 6.01 Å². The fourth-order valence-corrected chi connectivity index (χ4v) is 3.08. The van der Waals surface area contributed by atoms with Gasteiger partial charge in [0.25, 0.3) is 5.89 Å². The van der Waals surface area contributed by atoms with Crippen LogP contribution >= 0.6 is 23.1 Å². The molecule has 1 aromatic carbocycles. The van der Waals surface area contributed by atoms with E-state index in [4.69, 9.17) is 9.15 Å². The van der Waals surface area contributed by atoms with Crippen molar-refractivity contribution < 1.29 is 13.9 Å². The van der Waals surface area contributed by atoms with Gasteiger partial charge in [-0.05, 0) is 35.7 Å². The minimum absolute atomic E-state index is 0.103. The molecular weight excluding hydrogens is 334 g/mol. The number of aromatic nitrogens is 2. The molecule has 0 aliphatic heterocycles. The van der Waals surface area contributed by atoms with Crippen LogP contribution in [0.3, 0.4) is 0 Å². The van der Waals surface area contributed by atoms with E-state index in [2.05, 4.69) is 15.5 Å². The van der Waals surface area contributed by atoms with Gasteiger partial charge >= 0.3 is 6.01 Å². The highest BCUT2D eigenvalue weighted by molar-refractivity contribution is 8.00. The van der Waals surface area contributed by atoms with Crippen molar-refractivity contribution in [1.82, 2.24) is 10.2 Å². The molecule has 1 amide bonds. The summed E-state index contributed by atoms with van der Waals surface area (Å²) < 4.78 is 10.5. The number of anilines is 1. The molecule has 23 heavy (non-hydrogen) atoms. The summed E-state index contributed by atoms with van der Waals surface area (Å²) in [4.78, 5) is 12.9. The molecule has 6 nitrogen and oxygen atoms in total. The molecule has 0 saturated carbocycles. The first-order valence-corrected chi connectivity index (χ1v) is 8.60. The molecule has 3 rings (SSSR count). The van der Waals surface area contributed by atoms with Gasteiger partial charge in [0, 0.05) is 15.8 Å². The van der Waals surface area contributed by atoms with Crippen molar-refractivity contribution in [1.29, 1.82) is 0 Å². The average molecular weight is 347 g/mol. The highest BCUT2D eigenvalue weighted by Gasteiger charge is 2.11. The van der Waals surface area contributed by atoms with Gasteiger partial charge in [-0.1, -0.05) is 5.10 Å². The summed E-state index contributed by atoms with van der Waals surface area (Å²) >= 11 is 2.95. The predicted octanol–water partition coefficient (Wildman–Crippen LogP) is 3.54. The highest BCUT2D eigenvalue weighted by atomic mass is 32.2. The SMILES string of the molecule is COc1ccc(SCC(=O)Nc2nnc(-c3ccsc3)o2)cc1. The zero-order chi connectivity index (χ0) is 16.1. The zero-order valence-electron chi connectivity index (χ0n) is 12.2. The van der Waals surface area contributed by atoms with E-state index in [-0.39, 0.29) is 17.7 Å². The van der Waals surface area contributed by atoms with Crippen molar-refractivity contribution in [2.24, 2.45) is 0 Å². The van der Waals surface area contributed by atoms with E-state index in [0.717, 1.165) is 16.2 Å². The number of nitrogens with zero attached hydrogens (tertiary/aromatic N) is 2. The van der Waals surface area contributed by atoms with Gasteiger partial charge in [-0.25, -0.2) is 0 Å². The summed E-state index contributed by atoms with van der Waals surface area (Å²) in [6, 6.07) is 9.49. The van der Waals surface area contributed by atoms with Crippen molar-refractivity contribution in [3.63, 3.8) is 0 Å². The highest BCUT2D eigenvalue weighted by Crippen LogP contribution is 2.23. The predicted molar refractivity (Wildman–Crippen MR) is 90.0 cm³/mol. The second kappa shape index (κ2) is 7.30. The van der Waals surface area contributed by atoms with Crippen molar-refractivity contribution in [3.05, 3.63) is 41.1 Å². The smallest absolute Gasteiger partial charge is 0.322 e. The maximum Gasteiger partial charge on any atom is 0.322 e. The largest absolute Gasteiger partial charge is 0.497 e. The monoisotopic (exact) mass is 347 g/mol. The fourth-order valence-electron chi connectivity index (χ4n) is 1.75. The Morgan fingerprint density at radius 3 is 2.83 bits per heavy atom. The van der Waals surface area contributed by atoms with E-state index in [1.165, 1.54) is 23.1 Å². The lowest BCUT2D eigenvalue weighted by molar-refractivity contribution is -0.113. The number of hydrogen-bond donors (Lipinski definition) is 1. The molecule has 0 saturated heterocycles. The van der Waals surface area contributed by atoms with E-state index in [0.29, 0.717) is 5.89 Å². The number of thioether (sulfide) groups is 1. The Morgan fingerprint density at radius 1 is 1.30 bits per heavy atom. The van der Waals surface area contributed by atoms with E-state index in [1.54, 1.807) is 7.11 Å². The van der Waals surface area contributed by atoms with Crippen LogP contribution in [0.5, 0.6) is 5.75 Å². The number of benzene rings is 1. The minimum Gasteiger partial charge on any atom is -0.497 e. The Kier molecular flexibility index (Phi) is 4.94. The van der Waals surface area contributed by atoms with Crippen molar-refractivity contribution in [2.45, 2.75) is 4.90 Å². The summed E-state index contributed by atoms with van der Waals surface area (Å²) in [5.74, 6) is 1.23. The van der Waals surface area contributed by atoms with Crippen molar-refractivity contribution in [3.8, 4) is 17.2 Å². The molecule has 118 valence electrons. The topological polar surface area (TPSA) is 77.2 Å². The molecule has 2 aromatic heterocycles. The molecule has 8 heteroatoms. The van der Waals surface area contributed by atoms with Crippen molar-refractivity contribution >= 4 is 35.0 Å². The lowest BCUT2D eigenvalue weighted by atomic mass is 10.3. The second-order valence-corrected chi connectivity index (χ2v) is 6.27. The number of methoxy groups -OCH3 is 1. The maximum atomic E-state index is 11.9. The Balaban J connectivity index is 1.53. The standard InChI is InChI=1S/C15H13N3O3S2/c1-20-11-2-4-12(5-3-11)23-9-13(19)16-15-18-17-14(21-15)10-6-7-22-8-10/h2-8H,9H2,1H3,(H,16,18,19). The third-order valence-electron chi connectivity index (χ3n) is 2.87. The van der Waals surface area contributed by atoms with Gasteiger partial charge in [0.2, 0.25) is 5.91 Å². The van der Waals surface area contributed by atoms with Gasteiger partial charge in [-0.2, -0.15) is 11.3 Å². The first-order valence-electron chi connectivity index (χ1n) is 6.67. The van der Waals surface area contributed by atoms with Crippen LogP contribution in [-0.2, 0) is 4.79 Å². The van der Waals surface area contributed by atoms with Crippen LogP contribution in [0.25, 0.3) is 11.5 Å². The number of thiophene rings is 1. The molecule has 1 N–H and O–H groups in total. The number of carbonyl (C=O) groups excluding carboxylic acids is 1. The normalized spacial score (nSPS) is 10.5. The van der Waals surface area contributed by atoms with Gasteiger partial charge in [0.05, 0.1) is 12.9 Å². The molecule has 0 spiro atoms. The van der Waals surface area contributed by atoms with Crippen molar-refractivity contribution in [2.75, 3.05) is 18.2 Å². The third-order valence-corrected chi connectivity index (χ3v) is 4.56. The molecule has 3 aromatic rings. The van der Waals surface area contributed by atoms with Crippen LogP contribution in [0.1, 0.15) is 0 Å². The number of rotatable bonds is 6. The molecule has 0 unspecified atom stereocenters. The molecule has 0 radical (unpaired) electrons. The number of ether oxygens (including phenoxy) is 1. The van der Waals surface area contributed by atoms with E-state index in [1.807, 2.05) is 41.1 Å². The third kappa shape index (κ3) is 4.11. The van der Waals surface area contributed by atoms with E-state index in [9.17, 15) is 4.79 Å². The van der Waals surface area contributed by atoms with Gasteiger partial charge in [0.1, 0.15) is 5.75 Å². The Bertz CT molecular complexity index is 770. The number of carbonyl (C=O) groups is 1. The molecule has 2 heterocycles. The minimum atomic E-state index is -0.202. The zero-order valence-corrected chi connectivity index (χ0v) is 13.8. The molecule has 0 atom stereocenters. The summed E-state index contributed by atoms with van der Waals surface area (Å²) in [6.45, 7) is 0. The maximum absolute atomic E-state index is 11.9. The quantitative estimate of drug-likeness (QED) is 0.687. The summed E-state index contributed by atoms with van der Waals surface area (Å²) in [6.07, 6.45) is 0. The van der Waals surface area contributed by atoms with E-state index < -0.39 is 0 Å². The van der Waals surface area contributed by atoms with Crippen LogP contribution < -0.4 is 10.1 Å². The lowest BCUT2D eigenvalue weighted by Gasteiger charge is -2.03. The number of nitrogens with one attached hydrogen (secondary N) is 1. The number of amides is 1. The van der Waals surface area contributed by atoms with Crippen LogP contribution in [0.2, 0.25) is 0 Å². The molecule has 0 bridgehead atoms. The Labute approximate surface area is 140 Å². The van der Waals surface area contributed by atoms with Gasteiger partial charge in [-0.15, -0.1) is 16.9 Å². The molecule has 0 fully saturated rings. The lowest BCUT2D eigenvalue weighted by Crippen LogP contribution is -2.14. The van der Waals surface area contributed by atoms with Crippen LogP contribution in [-0.4, -0.2) is 29.0 Å². The Morgan fingerprint density at radius 2 is 2.13 bits per heavy atom. The van der Waals surface area contributed by atoms with Crippen LogP contribution in [0.15, 0.2) is 50.4 Å². The number of hydrogen-bond acceptors (Lipinski definition) is 7. The van der Waals surface area contributed by atoms with Gasteiger partial charge in [0.15, 0.2) is 0 Å². The summed E-state index contributed by atoms with van der Waals surface area (Å²) in [5.41, 5.74) is 0.843. The second-order valence-electron chi connectivity index (χ2n) is 4.44. The van der Waals surface area contributed by atoms with Crippen LogP contribution in [0, 0.1) is 0 Å². The molecule has 0 aliphatic carbocycles. The first-order chi connectivity index (χ1) is 11.2. The first kappa shape index (κ1) is 15.6. The molecular formula is C15H13N3O3S2. The fraction of sp³-hybridized carbons (Fsp3) is 0.133. The summed E-state index contributed by atoms with van der Waals surface area (Å²) in [5, 5.41) is 14.1.